The van der Waals surface area contributed by atoms with Gasteiger partial charge in [-0.25, -0.2) is 4.79 Å². The van der Waals surface area contributed by atoms with E-state index in [-0.39, 0.29) is 11.3 Å². The van der Waals surface area contributed by atoms with Gasteiger partial charge in [0.05, 0.1) is 15.7 Å². The van der Waals surface area contributed by atoms with Crippen molar-refractivity contribution in [2.75, 3.05) is 5.32 Å². The highest BCUT2D eigenvalue weighted by Gasteiger charge is 2.15. The van der Waals surface area contributed by atoms with Gasteiger partial charge in [0.15, 0.2) is 5.76 Å². The predicted octanol–water partition coefficient (Wildman–Crippen LogP) is 2.39. The third-order valence-corrected chi connectivity index (χ3v) is 2.72. The van der Waals surface area contributed by atoms with Gasteiger partial charge in [-0.15, -0.1) is 0 Å². The van der Waals surface area contributed by atoms with E-state index in [0.717, 1.165) is 12.3 Å². The standard InChI is InChI=1S/C11H7BrN2O4/c12-7-4-13-2-1-8(7)14-10(15)9-3-6(5-18-9)11(16)17/h1-5H,(H,16,17)(H,13,14,15). The molecule has 0 saturated carbocycles. The minimum atomic E-state index is -1.15. The summed E-state index contributed by atoms with van der Waals surface area (Å²) in [7, 11) is 0. The molecule has 0 unspecified atom stereocenters. The van der Waals surface area contributed by atoms with Crippen molar-refractivity contribution in [2.45, 2.75) is 0 Å². The van der Waals surface area contributed by atoms with Crippen LogP contribution in [0.25, 0.3) is 0 Å². The quantitative estimate of drug-likeness (QED) is 0.908. The largest absolute Gasteiger partial charge is 0.478 e. The van der Waals surface area contributed by atoms with Crippen molar-refractivity contribution >= 4 is 33.5 Å². The first-order chi connectivity index (χ1) is 8.58. The molecule has 0 saturated heterocycles. The van der Waals surface area contributed by atoms with Crippen LogP contribution in [-0.2, 0) is 0 Å². The van der Waals surface area contributed by atoms with Crippen LogP contribution < -0.4 is 5.32 Å². The van der Waals surface area contributed by atoms with E-state index in [1.807, 2.05) is 0 Å². The molecule has 0 spiro atoms. The van der Waals surface area contributed by atoms with E-state index < -0.39 is 11.9 Å². The molecule has 0 aliphatic rings. The SMILES string of the molecule is O=C(O)c1coc(C(=O)Nc2ccncc2Br)c1. The molecule has 2 aromatic rings. The molecule has 1 amide bonds. The zero-order chi connectivity index (χ0) is 13.1. The Hall–Kier alpha value is -2.15. The van der Waals surface area contributed by atoms with Crippen molar-refractivity contribution in [1.82, 2.24) is 4.98 Å². The molecule has 6 nitrogen and oxygen atoms in total. The molecule has 0 aromatic carbocycles. The second kappa shape index (κ2) is 5.01. The summed E-state index contributed by atoms with van der Waals surface area (Å²) in [5.74, 6) is -1.76. The van der Waals surface area contributed by atoms with Gasteiger partial charge in [-0.3, -0.25) is 9.78 Å². The Morgan fingerprint density at radius 1 is 1.44 bits per heavy atom. The van der Waals surface area contributed by atoms with Crippen LogP contribution in [0.5, 0.6) is 0 Å². The van der Waals surface area contributed by atoms with E-state index in [2.05, 4.69) is 26.2 Å². The maximum atomic E-state index is 11.8. The smallest absolute Gasteiger partial charge is 0.338 e. The molecule has 0 atom stereocenters. The molecule has 2 rings (SSSR count). The fourth-order valence-corrected chi connectivity index (χ4v) is 1.58. The molecular weight excluding hydrogens is 304 g/mol. The second-order valence-corrected chi connectivity index (χ2v) is 4.17. The number of rotatable bonds is 3. The molecule has 0 aliphatic carbocycles. The number of aromatic carboxylic acids is 1. The summed E-state index contributed by atoms with van der Waals surface area (Å²) >= 11 is 3.22. The third kappa shape index (κ3) is 2.57. The number of aromatic nitrogens is 1. The van der Waals surface area contributed by atoms with E-state index in [1.165, 1.54) is 12.4 Å². The summed E-state index contributed by atoms with van der Waals surface area (Å²) in [5.41, 5.74) is 0.442. The number of hydrogen-bond acceptors (Lipinski definition) is 4. The number of amides is 1. The van der Waals surface area contributed by atoms with E-state index in [0.29, 0.717) is 10.2 Å². The Balaban J connectivity index is 2.17. The van der Waals surface area contributed by atoms with Crippen LogP contribution in [0.15, 0.2) is 39.7 Å². The van der Waals surface area contributed by atoms with E-state index >= 15 is 0 Å². The number of pyridine rings is 1. The molecule has 0 fully saturated rings. The van der Waals surface area contributed by atoms with E-state index in [4.69, 9.17) is 9.52 Å². The Morgan fingerprint density at radius 3 is 2.83 bits per heavy atom. The Kier molecular flexibility index (Phi) is 3.42. The van der Waals surface area contributed by atoms with Gasteiger partial charge in [-0.2, -0.15) is 0 Å². The summed E-state index contributed by atoms with van der Waals surface area (Å²) in [6, 6.07) is 2.76. The van der Waals surface area contributed by atoms with Crippen LogP contribution in [0, 0.1) is 0 Å². The number of hydrogen-bond donors (Lipinski definition) is 2. The topological polar surface area (TPSA) is 92.4 Å². The van der Waals surface area contributed by atoms with Gasteiger partial charge in [-0.05, 0) is 22.0 Å². The minimum Gasteiger partial charge on any atom is -0.478 e. The number of carbonyl (C=O) groups excluding carboxylic acids is 1. The molecule has 2 heterocycles. The van der Waals surface area contributed by atoms with Gasteiger partial charge < -0.3 is 14.8 Å². The van der Waals surface area contributed by atoms with Crippen LogP contribution in [0.1, 0.15) is 20.9 Å². The van der Waals surface area contributed by atoms with Gasteiger partial charge in [0, 0.05) is 18.5 Å². The second-order valence-electron chi connectivity index (χ2n) is 3.31. The predicted molar refractivity (Wildman–Crippen MR) is 65.6 cm³/mol. The summed E-state index contributed by atoms with van der Waals surface area (Å²) < 4.78 is 5.49. The number of furan rings is 1. The van der Waals surface area contributed by atoms with Crippen molar-refractivity contribution in [3.8, 4) is 0 Å². The number of halogens is 1. The summed E-state index contributed by atoms with van der Waals surface area (Å²) in [6.45, 7) is 0. The molecule has 2 N–H and O–H groups in total. The van der Waals surface area contributed by atoms with Crippen molar-refractivity contribution in [2.24, 2.45) is 0 Å². The molecule has 0 aliphatic heterocycles. The fraction of sp³-hybridized carbons (Fsp3) is 0. The van der Waals surface area contributed by atoms with Crippen LogP contribution in [-0.4, -0.2) is 22.0 Å². The van der Waals surface area contributed by atoms with Gasteiger partial charge in [-0.1, -0.05) is 0 Å². The lowest BCUT2D eigenvalue weighted by Gasteiger charge is -2.04. The molecule has 7 heteroatoms. The third-order valence-electron chi connectivity index (χ3n) is 2.09. The monoisotopic (exact) mass is 310 g/mol. The van der Waals surface area contributed by atoms with Crippen molar-refractivity contribution in [3.05, 3.63) is 46.6 Å². The first-order valence-corrected chi connectivity index (χ1v) is 5.60. The summed E-state index contributed by atoms with van der Waals surface area (Å²) in [6.07, 6.45) is 4.06. The Morgan fingerprint density at radius 2 is 2.22 bits per heavy atom. The normalized spacial score (nSPS) is 10.1. The average Bonchev–Trinajstić information content (AvgIpc) is 2.81. The first-order valence-electron chi connectivity index (χ1n) is 4.80. The molecule has 92 valence electrons. The summed E-state index contributed by atoms with van der Waals surface area (Å²) in [4.78, 5) is 26.3. The lowest BCUT2D eigenvalue weighted by atomic mass is 10.3. The van der Waals surface area contributed by atoms with E-state index in [9.17, 15) is 9.59 Å². The minimum absolute atomic E-state index is 0.0730. The van der Waals surface area contributed by atoms with Crippen molar-refractivity contribution < 1.29 is 19.1 Å². The maximum absolute atomic E-state index is 11.8. The highest BCUT2D eigenvalue weighted by molar-refractivity contribution is 9.10. The Bertz CT molecular complexity index is 609. The van der Waals surface area contributed by atoms with Crippen molar-refractivity contribution in [1.29, 1.82) is 0 Å². The number of nitrogens with one attached hydrogen (secondary N) is 1. The lowest BCUT2D eigenvalue weighted by Crippen LogP contribution is -2.11. The Labute approximate surface area is 110 Å². The van der Waals surface area contributed by atoms with Gasteiger partial charge in [0.2, 0.25) is 0 Å². The molecule has 2 aromatic heterocycles. The number of carbonyl (C=O) groups is 2. The fourth-order valence-electron chi connectivity index (χ4n) is 1.23. The van der Waals surface area contributed by atoms with Gasteiger partial charge in [0.25, 0.3) is 5.91 Å². The van der Waals surface area contributed by atoms with Crippen molar-refractivity contribution in [3.63, 3.8) is 0 Å². The summed E-state index contributed by atoms with van der Waals surface area (Å²) in [5, 5.41) is 11.3. The van der Waals surface area contributed by atoms with Crippen LogP contribution in [0.3, 0.4) is 0 Å². The number of carboxylic acid groups (broad SMARTS) is 1. The lowest BCUT2D eigenvalue weighted by molar-refractivity contribution is 0.0696. The number of carboxylic acids is 1. The highest BCUT2D eigenvalue weighted by Crippen LogP contribution is 2.21. The molecular formula is C11H7BrN2O4. The zero-order valence-electron chi connectivity index (χ0n) is 8.88. The number of nitrogens with zero attached hydrogens (tertiary/aromatic N) is 1. The van der Waals surface area contributed by atoms with Crippen LogP contribution >= 0.6 is 15.9 Å². The van der Waals surface area contributed by atoms with Crippen LogP contribution in [0.2, 0.25) is 0 Å². The van der Waals surface area contributed by atoms with Crippen LogP contribution in [0.4, 0.5) is 5.69 Å². The van der Waals surface area contributed by atoms with Gasteiger partial charge in [0.1, 0.15) is 6.26 Å². The maximum Gasteiger partial charge on any atom is 0.338 e. The highest BCUT2D eigenvalue weighted by atomic mass is 79.9. The molecule has 0 radical (unpaired) electrons. The first kappa shape index (κ1) is 12.3. The average molecular weight is 311 g/mol. The van der Waals surface area contributed by atoms with Gasteiger partial charge >= 0.3 is 5.97 Å². The molecule has 0 bridgehead atoms. The number of anilines is 1. The van der Waals surface area contributed by atoms with E-state index in [1.54, 1.807) is 6.07 Å². The molecule has 18 heavy (non-hydrogen) atoms. The zero-order valence-corrected chi connectivity index (χ0v) is 10.5.